The van der Waals surface area contributed by atoms with E-state index in [-0.39, 0.29) is 11.8 Å². The third-order valence-corrected chi connectivity index (χ3v) is 6.95. The molecule has 0 unspecified atom stereocenters. The Bertz CT molecular complexity index is 839. The fourth-order valence-corrected chi connectivity index (χ4v) is 5.20. The smallest absolute Gasteiger partial charge is 0.230 e. The second-order valence-electron chi connectivity index (χ2n) is 7.92. The fraction of sp³-hybridized carbons (Fsp3) is 0.524. The maximum Gasteiger partial charge on any atom is 0.230 e. The minimum Gasteiger partial charge on any atom is -0.380 e. The number of rotatable bonds is 7. The SMILES string of the molecule is Cc1cccnc1NCCNC(=O)[C@]12COC[C@H]1CN(Cc1sccc1C)C2. The number of nitrogens with zero attached hydrogens (tertiary/aromatic N) is 2. The summed E-state index contributed by atoms with van der Waals surface area (Å²) in [6, 6.07) is 6.11. The minimum atomic E-state index is -0.411. The van der Waals surface area contributed by atoms with Gasteiger partial charge >= 0.3 is 0 Å². The highest BCUT2D eigenvalue weighted by molar-refractivity contribution is 7.10. The number of hydrogen-bond donors (Lipinski definition) is 2. The standard InChI is InChI=1S/C21H28N4O2S/c1-15-5-9-28-18(15)11-25-10-17-12-27-14-21(17,13-25)20(26)24-8-7-23-19-16(2)4-3-6-22-19/h3-6,9,17H,7-8,10-14H2,1-2H3,(H,22,23)(H,24,26)/t17-,21-/m1/s1. The summed E-state index contributed by atoms with van der Waals surface area (Å²) in [4.78, 5) is 21.2. The Balaban J connectivity index is 1.32. The third kappa shape index (κ3) is 3.79. The van der Waals surface area contributed by atoms with E-state index in [9.17, 15) is 4.79 Å². The van der Waals surface area contributed by atoms with Gasteiger partial charge in [-0.2, -0.15) is 0 Å². The van der Waals surface area contributed by atoms with Gasteiger partial charge in [0.2, 0.25) is 5.91 Å². The quantitative estimate of drug-likeness (QED) is 0.699. The van der Waals surface area contributed by atoms with Gasteiger partial charge < -0.3 is 15.4 Å². The van der Waals surface area contributed by atoms with Crippen LogP contribution in [0.3, 0.4) is 0 Å². The van der Waals surface area contributed by atoms with Gasteiger partial charge in [-0.05, 0) is 42.5 Å². The molecule has 1 amide bonds. The first kappa shape index (κ1) is 19.4. The number of carbonyl (C=O) groups is 1. The van der Waals surface area contributed by atoms with Crippen LogP contribution in [-0.2, 0) is 16.1 Å². The first-order chi connectivity index (χ1) is 13.6. The van der Waals surface area contributed by atoms with Crippen LogP contribution in [0.15, 0.2) is 29.8 Å². The van der Waals surface area contributed by atoms with Crippen LogP contribution in [-0.4, -0.2) is 55.2 Å². The number of amides is 1. The summed E-state index contributed by atoms with van der Waals surface area (Å²) in [6.45, 7) is 9.24. The monoisotopic (exact) mass is 400 g/mol. The molecule has 6 nitrogen and oxygen atoms in total. The Labute approximate surface area is 170 Å². The van der Waals surface area contributed by atoms with E-state index >= 15 is 0 Å². The molecule has 0 spiro atoms. The Hall–Kier alpha value is -1.96. The van der Waals surface area contributed by atoms with Crippen molar-refractivity contribution in [3.8, 4) is 0 Å². The molecule has 4 heterocycles. The number of anilines is 1. The molecule has 2 aliphatic rings. The van der Waals surface area contributed by atoms with Crippen LogP contribution < -0.4 is 10.6 Å². The maximum absolute atomic E-state index is 13.1. The second-order valence-corrected chi connectivity index (χ2v) is 8.92. The number of hydrogen-bond acceptors (Lipinski definition) is 6. The number of thiophene rings is 1. The lowest BCUT2D eigenvalue weighted by molar-refractivity contribution is -0.131. The van der Waals surface area contributed by atoms with E-state index in [0.717, 1.165) is 31.0 Å². The first-order valence-electron chi connectivity index (χ1n) is 9.85. The van der Waals surface area contributed by atoms with E-state index in [1.54, 1.807) is 17.5 Å². The fourth-order valence-electron chi connectivity index (χ4n) is 4.25. The molecule has 0 aromatic carbocycles. The lowest BCUT2D eigenvalue weighted by Crippen LogP contribution is -2.47. The van der Waals surface area contributed by atoms with Crippen molar-refractivity contribution in [2.45, 2.75) is 20.4 Å². The third-order valence-electron chi connectivity index (χ3n) is 5.94. The van der Waals surface area contributed by atoms with Crippen molar-refractivity contribution in [3.05, 3.63) is 45.8 Å². The Morgan fingerprint density at radius 2 is 2.25 bits per heavy atom. The number of likely N-dealkylation sites (tertiary alicyclic amines) is 1. The first-order valence-corrected chi connectivity index (χ1v) is 10.7. The zero-order chi connectivity index (χ0) is 19.6. The predicted octanol–water partition coefficient (Wildman–Crippen LogP) is 2.44. The molecule has 7 heteroatoms. The predicted molar refractivity (Wildman–Crippen MR) is 112 cm³/mol. The van der Waals surface area contributed by atoms with Crippen molar-refractivity contribution in [2.24, 2.45) is 11.3 Å². The van der Waals surface area contributed by atoms with Crippen LogP contribution in [0.25, 0.3) is 0 Å². The molecule has 2 aliphatic heterocycles. The Morgan fingerprint density at radius 3 is 3.04 bits per heavy atom. The molecule has 0 aliphatic carbocycles. The zero-order valence-corrected chi connectivity index (χ0v) is 17.3. The number of nitrogens with one attached hydrogen (secondary N) is 2. The van der Waals surface area contributed by atoms with Gasteiger partial charge in [-0.15, -0.1) is 11.3 Å². The average Bonchev–Trinajstić information content (AvgIpc) is 3.35. The molecule has 2 aromatic rings. The molecule has 2 fully saturated rings. The molecule has 2 N–H and O–H groups in total. The topological polar surface area (TPSA) is 66.5 Å². The zero-order valence-electron chi connectivity index (χ0n) is 16.5. The van der Waals surface area contributed by atoms with Gasteiger partial charge in [-0.3, -0.25) is 9.69 Å². The van der Waals surface area contributed by atoms with Crippen LogP contribution in [0.1, 0.15) is 16.0 Å². The van der Waals surface area contributed by atoms with Crippen molar-refractivity contribution in [1.29, 1.82) is 0 Å². The van der Waals surface area contributed by atoms with Gasteiger partial charge in [0.1, 0.15) is 5.82 Å². The largest absolute Gasteiger partial charge is 0.380 e. The van der Waals surface area contributed by atoms with E-state index in [2.05, 4.69) is 38.9 Å². The Kier molecular flexibility index (Phi) is 5.66. The number of aromatic nitrogens is 1. The molecule has 4 rings (SSSR count). The molecule has 2 aromatic heterocycles. The normalized spacial score (nSPS) is 24.3. The highest BCUT2D eigenvalue weighted by Gasteiger charge is 2.55. The van der Waals surface area contributed by atoms with Crippen LogP contribution in [0.4, 0.5) is 5.82 Å². The van der Waals surface area contributed by atoms with Gasteiger partial charge in [0.25, 0.3) is 0 Å². The summed E-state index contributed by atoms with van der Waals surface area (Å²) >= 11 is 1.80. The lowest BCUT2D eigenvalue weighted by atomic mass is 9.80. The number of carbonyl (C=O) groups excluding carboxylic acids is 1. The number of aryl methyl sites for hydroxylation is 2. The summed E-state index contributed by atoms with van der Waals surface area (Å²) in [5.41, 5.74) is 2.03. The van der Waals surface area contributed by atoms with E-state index in [0.29, 0.717) is 26.3 Å². The van der Waals surface area contributed by atoms with Crippen molar-refractivity contribution in [3.63, 3.8) is 0 Å². The summed E-state index contributed by atoms with van der Waals surface area (Å²) < 4.78 is 5.72. The van der Waals surface area contributed by atoms with E-state index in [1.807, 2.05) is 19.1 Å². The average molecular weight is 401 g/mol. The molecular formula is C21H28N4O2S. The summed E-state index contributed by atoms with van der Waals surface area (Å²) in [5, 5.41) is 8.57. The lowest BCUT2D eigenvalue weighted by Gasteiger charge is -2.26. The van der Waals surface area contributed by atoms with Gasteiger partial charge in [-0.1, -0.05) is 6.07 Å². The summed E-state index contributed by atoms with van der Waals surface area (Å²) in [7, 11) is 0. The van der Waals surface area contributed by atoms with Gasteiger partial charge in [0.05, 0.1) is 18.6 Å². The number of pyridine rings is 1. The molecule has 150 valence electrons. The highest BCUT2D eigenvalue weighted by atomic mass is 32.1. The van der Waals surface area contributed by atoms with Crippen molar-refractivity contribution >= 4 is 23.1 Å². The molecular weight excluding hydrogens is 372 g/mol. The molecule has 2 atom stereocenters. The Morgan fingerprint density at radius 1 is 1.36 bits per heavy atom. The van der Waals surface area contributed by atoms with Crippen LogP contribution >= 0.6 is 11.3 Å². The van der Waals surface area contributed by atoms with E-state index < -0.39 is 5.41 Å². The van der Waals surface area contributed by atoms with Gasteiger partial charge in [-0.25, -0.2) is 4.98 Å². The maximum atomic E-state index is 13.1. The van der Waals surface area contributed by atoms with Crippen LogP contribution in [0.5, 0.6) is 0 Å². The summed E-state index contributed by atoms with van der Waals surface area (Å²) in [6.07, 6.45) is 1.77. The second kappa shape index (κ2) is 8.19. The van der Waals surface area contributed by atoms with Crippen LogP contribution in [0, 0.1) is 25.2 Å². The van der Waals surface area contributed by atoms with Crippen molar-refractivity contribution < 1.29 is 9.53 Å². The van der Waals surface area contributed by atoms with E-state index in [1.165, 1.54) is 10.4 Å². The van der Waals surface area contributed by atoms with Crippen LogP contribution in [0.2, 0.25) is 0 Å². The van der Waals surface area contributed by atoms with E-state index in [4.69, 9.17) is 4.74 Å². The van der Waals surface area contributed by atoms with Crippen molar-refractivity contribution in [2.75, 3.05) is 44.7 Å². The number of fused-ring (bicyclic) bond motifs is 1. The van der Waals surface area contributed by atoms with Gasteiger partial charge in [0.15, 0.2) is 0 Å². The molecule has 0 saturated carbocycles. The number of ether oxygens (including phenoxy) is 1. The highest BCUT2D eigenvalue weighted by Crippen LogP contribution is 2.42. The van der Waals surface area contributed by atoms with Crippen molar-refractivity contribution in [1.82, 2.24) is 15.2 Å². The molecule has 0 bridgehead atoms. The molecule has 28 heavy (non-hydrogen) atoms. The summed E-state index contributed by atoms with van der Waals surface area (Å²) in [5.74, 6) is 1.27. The molecule has 0 radical (unpaired) electrons. The van der Waals surface area contributed by atoms with Gasteiger partial charge in [0, 0.05) is 49.7 Å². The molecule has 2 saturated heterocycles. The minimum absolute atomic E-state index is 0.125.